The first-order valence-corrected chi connectivity index (χ1v) is 5.53. The summed E-state index contributed by atoms with van der Waals surface area (Å²) in [6.07, 6.45) is 4.82. The van der Waals surface area contributed by atoms with E-state index in [2.05, 4.69) is 15.9 Å². The van der Waals surface area contributed by atoms with E-state index in [1.807, 2.05) is 14.1 Å². The van der Waals surface area contributed by atoms with Crippen LogP contribution in [0.1, 0.15) is 25.7 Å². The third-order valence-electron chi connectivity index (χ3n) is 3.94. The van der Waals surface area contributed by atoms with Crippen molar-refractivity contribution in [2.75, 3.05) is 27.2 Å². The smallest absolute Gasteiger partial charge is 0.125 e. The Bertz CT molecular complexity index is 256. The SMILES string of the molecule is CN(C)C1(C#N)CCN2CCCCC21. The van der Waals surface area contributed by atoms with Gasteiger partial charge in [-0.05, 0) is 39.9 Å². The van der Waals surface area contributed by atoms with Gasteiger partial charge in [-0.3, -0.25) is 9.80 Å². The molecule has 0 saturated carbocycles. The van der Waals surface area contributed by atoms with E-state index in [0.717, 1.165) is 13.0 Å². The molecule has 2 saturated heterocycles. The van der Waals surface area contributed by atoms with E-state index in [-0.39, 0.29) is 5.54 Å². The van der Waals surface area contributed by atoms with Gasteiger partial charge in [-0.1, -0.05) is 6.42 Å². The number of nitriles is 1. The minimum absolute atomic E-state index is 0.208. The Morgan fingerprint density at radius 3 is 2.79 bits per heavy atom. The molecule has 3 nitrogen and oxygen atoms in total. The largest absolute Gasteiger partial charge is 0.297 e. The fourth-order valence-corrected chi connectivity index (χ4v) is 3.03. The van der Waals surface area contributed by atoms with Crippen LogP contribution in [-0.2, 0) is 0 Å². The van der Waals surface area contributed by atoms with Crippen molar-refractivity contribution in [3.63, 3.8) is 0 Å². The predicted molar refractivity (Wildman–Crippen MR) is 55.9 cm³/mol. The molecule has 2 heterocycles. The topological polar surface area (TPSA) is 30.3 Å². The zero-order valence-electron chi connectivity index (χ0n) is 9.16. The Morgan fingerprint density at radius 1 is 1.36 bits per heavy atom. The van der Waals surface area contributed by atoms with Crippen LogP contribution in [0.15, 0.2) is 0 Å². The Hall–Kier alpha value is -0.590. The summed E-state index contributed by atoms with van der Waals surface area (Å²) in [5.41, 5.74) is -0.208. The van der Waals surface area contributed by atoms with Crippen LogP contribution >= 0.6 is 0 Å². The van der Waals surface area contributed by atoms with Gasteiger partial charge >= 0.3 is 0 Å². The average molecular weight is 193 g/mol. The van der Waals surface area contributed by atoms with Crippen molar-refractivity contribution in [2.24, 2.45) is 0 Å². The second-order valence-corrected chi connectivity index (χ2v) is 4.73. The molecule has 14 heavy (non-hydrogen) atoms. The van der Waals surface area contributed by atoms with Gasteiger partial charge in [-0.25, -0.2) is 0 Å². The van der Waals surface area contributed by atoms with E-state index in [1.165, 1.54) is 25.8 Å². The highest BCUT2D eigenvalue weighted by molar-refractivity contribution is 5.19. The van der Waals surface area contributed by atoms with Crippen molar-refractivity contribution >= 4 is 0 Å². The molecule has 0 spiro atoms. The fourth-order valence-electron chi connectivity index (χ4n) is 3.03. The second kappa shape index (κ2) is 3.52. The monoisotopic (exact) mass is 193 g/mol. The molecule has 2 aliphatic heterocycles. The van der Waals surface area contributed by atoms with Crippen molar-refractivity contribution in [3.8, 4) is 6.07 Å². The first kappa shape index (κ1) is 9.95. The highest BCUT2D eigenvalue weighted by Gasteiger charge is 2.49. The highest BCUT2D eigenvalue weighted by atomic mass is 15.3. The summed E-state index contributed by atoms with van der Waals surface area (Å²) >= 11 is 0. The summed E-state index contributed by atoms with van der Waals surface area (Å²) in [5, 5.41) is 9.41. The van der Waals surface area contributed by atoms with Crippen LogP contribution in [0.4, 0.5) is 0 Å². The van der Waals surface area contributed by atoms with Crippen LogP contribution in [-0.4, -0.2) is 48.6 Å². The lowest BCUT2D eigenvalue weighted by Crippen LogP contribution is -2.54. The predicted octanol–water partition coefficient (Wildman–Crippen LogP) is 1.07. The summed E-state index contributed by atoms with van der Waals surface area (Å²) in [6.45, 7) is 2.30. The number of hydrogen-bond donors (Lipinski definition) is 0. The minimum atomic E-state index is -0.208. The van der Waals surface area contributed by atoms with Gasteiger partial charge in [0.2, 0.25) is 0 Å². The highest BCUT2D eigenvalue weighted by Crippen LogP contribution is 2.37. The molecule has 2 aliphatic rings. The Morgan fingerprint density at radius 2 is 2.14 bits per heavy atom. The number of likely N-dealkylation sites (N-methyl/N-ethyl adjacent to an activating group) is 1. The molecule has 0 N–H and O–H groups in total. The lowest BCUT2D eigenvalue weighted by Gasteiger charge is -2.40. The summed E-state index contributed by atoms with van der Waals surface area (Å²) in [5.74, 6) is 0. The van der Waals surface area contributed by atoms with Crippen molar-refractivity contribution in [3.05, 3.63) is 0 Å². The number of fused-ring (bicyclic) bond motifs is 1. The van der Waals surface area contributed by atoms with E-state index < -0.39 is 0 Å². The maximum atomic E-state index is 9.41. The molecule has 78 valence electrons. The number of rotatable bonds is 1. The lowest BCUT2D eigenvalue weighted by atomic mass is 9.86. The molecule has 0 aliphatic carbocycles. The number of hydrogen-bond acceptors (Lipinski definition) is 3. The summed E-state index contributed by atoms with van der Waals surface area (Å²) in [7, 11) is 4.09. The third kappa shape index (κ3) is 1.25. The first-order valence-electron chi connectivity index (χ1n) is 5.53. The van der Waals surface area contributed by atoms with Crippen LogP contribution in [0.25, 0.3) is 0 Å². The maximum Gasteiger partial charge on any atom is 0.125 e. The zero-order valence-corrected chi connectivity index (χ0v) is 9.16. The van der Waals surface area contributed by atoms with Crippen molar-refractivity contribution in [1.29, 1.82) is 5.26 Å². The molecular weight excluding hydrogens is 174 g/mol. The molecule has 0 aromatic rings. The van der Waals surface area contributed by atoms with Crippen molar-refractivity contribution < 1.29 is 0 Å². The summed E-state index contributed by atoms with van der Waals surface area (Å²) in [4.78, 5) is 4.63. The first-order chi connectivity index (χ1) is 6.70. The van der Waals surface area contributed by atoms with Gasteiger partial charge in [0.25, 0.3) is 0 Å². The lowest BCUT2D eigenvalue weighted by molar-refractivity contribution is 0.106. The van der Waals surface area contributed by atoms with Gasteiger partial charge < -0.3 is 0 Å². The van der Waals surface area contributed by atoms with E-state index in [1.54, 1.807) is 0 Å². The van der Waals surface area contributed by atoms with Crippen LogP contribution in [0.5, 0.6) is 0 Å². The average Bonchev–Trinajstić information content (AvgIpc) is 2.57. The van der Waals surface area contributed by atoms with E-state index in [0.29, 0.717) is 6.04 Å². The van der Waals surface area contributed by atoms with Crippen LogP contribution in [0.3, 0.4) is 0 Å². The maximum absolute atomic E-state index is 9.41. The Labute approximate surface area is 86.3 Å². The molecule has 2 rings (SSSR count). The Balaban J connectivity index is 2.24. The molecular formula is C11H19N3. The van der Waals surface area contributed by atoms with Crippen LogP contribution < -0.4 is 0 Å². The van der Waals surface area contributed by atoms with Gasteiger partial charge in [0.1, 0.15) is 5.54 Å². The standard InChI is InChI=1S/C11H19N3/c1-13(2)11(9-12)6-8-14-7-4-3-5-10(11)14/h10H,3-8H2,1-2H3. The van der Waals surface area contributed by atoms with Gasteiger partial charge in [-0.15, -0.1) is 0 Å². The zero-order chi connectivity index (χ0) is 10.2. The number of nitrogens with zero attached hydrogens (tertiary/aromatic N) is 3. The molecule has 3 heteroatoms. The quantitative estimate of drug-likeness (QED) is 0.624. The van der Waals surface area contributed by atoms with Gasteiger partial charge in [0.15, 0.2) is 0 Å². The molecule has 0 aromatic carbocycles. The second-order valence-electron chi connectivity index (χ2n) is 4.73. The number of piperidine rings is 1. The minimum Gasteiger partial charge on any atom is -0.297 e. The van der Waals surface area contributed by atoms with Gasteiger partial charge in [0, 0.05) is 12.6 Å². The normalized spacial score (nSPS) is 38.3. The van der Waals surface area contributed by atoms with Crippen molar-refractivity contribution in [2.45, 2.75) is 37.3 Å². The van der Waals surface area contributed by atoms with E-state index in [9.17, 15) is 5.26 Å². The van der Waals surface area contributed by atoms with Gasteiger partial charge in [-0.2, -0.15) is 5.26 Å². The molecule has 2 fully saturated rings. The fraction of sp³-hybridized carbons (Fsp3) is 0.909. The summed E-state index contributed by atoms with van der Waals surface area (Å²) < 4.78 is 0. The van der Waals surface area contributed by atoms with Crippen LogP contribution in [0, 0.1) is 11.3 Å². The van der Waals surface area contributed by atoms with E-state index in [4.69, 9.17) is 0 Å². The molecule has 0 amide bonds. The molecule has 0 radical (unpaired) electrons. The molecule has 2 unspecified atom stereocenters. The molecule has 2 atom stereocenters. The summed E-state index contributed by atoms with van der Waals surface area (Å²) in [6, 6.07) is 3.04. The van der Waals surface area contributed by atoms with Crippen LogP contribution in [0.2, 0.25) is 0 Å². The molecule has 0 aromatic heterocycles. The third-order valence-corrected chi connectivity index (χ3v) is 3.94. The van der Waals surface area contributed by atoms with Crippen molar-refractivity contribution in [1.82, 2.24) is 9.80 Å². The van der Waals surface area contributed by atoms with Gasteiger partial charge in [0.05, 0.1) is 6.07 Å². The van der Waals surface area contributed by atoms with E-state index >= 15 is 0 Å². The molecule has 0 bridgehead atoms. The Kier molecular flexibility index (Phi) is 2.50.